The molecule has 0 radical (unpaired) electrons. The molecule has 64 heavy (non-hydrogen) atoms. The van der Waals surface area contributed by atoms with E-state index in [1.54, 1.807) is 0 Å². The van der Waals surface area contributed by atoms with Gasteiger partial charge in [-0.1, -0.05) is 6.07 Å². The number of fused-ring (bicyclic) bond motifs is 8. The van der Waals surface area contributed by atoms with Crippen LogP contribution < -0.4 is 14.2 Å². The fourth-order valence-electron chi connectivity index (χ4n) is 9.01. The van der Waals surface area contributed by atoms with Crippen LogP contribution in [0.3, 0.4) is 0 Å². The summed E-state index contributed by atoms with van der Waals surface area (Å²) in [5.41, 5.74) is -0.155. The molecule has 22 nitrogen and oxygen atoms in total. The molecule has 0 saturated carbocycles. The summed E-state index contributed by atoms with van der Waals surface area (Å²) < 4.78 is 43.9. The third-order valence-electron chi connectivity index (χ3n) is 12.3. The lowest BCUT2D eigenvalue weighted by molar-refractivity contribution is -0.345. The summed E-state index contributed by atoms with van der Waals surface area (Å²) in [6, 6.07) is 10.2. The Morgan fingerprint density at radius 1 is 0.562 bits per heavy atom. The van der Waals surface area contributed by atoms with Crippen molar-refractivity contribution in [1.29, 1.82) is 0 Å². The molecule has 0 aromatic heterocycles. The van der Waals surface area contributed by atoms with Crippen molar-refractivity contribution in [3.8, 4) is 57.5 Å². The topological polar surface area (TPSA) is 368 Å². The van der Waals surface area contributed by atoms with Gasteiger partial charge in [0.1, 0.15) is 89.4 Å². The van der Waals surface area contributed by atoms with Crippen LogP contribution in [0.25, 0.3) is 0 Å². The van der Waals surface area contributed by atoms with Gasteiger partial charge in [0, 0.05) is 46.9 Å². The number of aliphatic hydroxyl groups is 8. The van der Waals surface area contributed by atoms with Crippen molar-refractivity contribution in [2.75, 3.05) is 13.2 Å². The largest absolute Gasteiger partial charge is 0.508 e. The van der Waals surface area contributed by atoms with Crippen LogP contribution in [-0.2, 0) is 31.2 Å². The van der Waals surface area contributed by atoms with E-state index in [9.17, 15) is 76.6 Å². The fourth-order valence-corrected chi connectivity index (χ4v) is 9.01. The van der Waals surface area contributed by atoms with Gasteiger partial charge < -0.3 is 110 Å². The van der Waals surface area contributed by atoms with Crippen LogP contribution in [0.1, 0.15) is 39.8 Å². The van der Waals surface area contributed by atoms with Gasteiger partial charge in [0.25, 0.3) is 0 Å². The summed E-state index contributed by atoms with van der Waals surface area (Å²) >= 11 is 0. The predicted molar refractivity (Wildman–Crippen MR) is 207 cm³/mol. The van der Waals surface area contributed by atoms with Crippen molar-refractivity contribution in [3.05, 3.63) is 82.4 Å². The van der Waals surface area contributed by atoms with E-state index in [-0.39, 0.29) is 51.5 Å². The molecular weight excluding hydrogens is 856 g/mol. The Hall–Kier alpha value is -5.60. The summed E-state index contributed by atoms with van der Waals surface area (Å²) in [5, 5.41) is 161. The van der Waals surface area contributed by atoms with Gasteiger partial charge in [-0.05, 0) is 35.9 Å². The predicted octanol–water partition coefficient (Wildman–Crippen LogP) is -1.56. The van der Waals surface area contributed by atoms with E-state index in [0.29, 0.717) is 0 Å². The van der Waals surface area contributed by atoms with E-state index in [1.807, 2.05) is 0 Å². The maximum Gasteiger partial charge on any atom is 0.305 e. The molecule has 9 rings (SSSR count). The molecule has 4 aromatic rings. The number of rotatable bonds is 8. The molecule has 4 aromatic carbocycles. The van der Waals surface area contributed by atoms with Gasteiger partial charge in [-0.2, -0.15) is 0 Å². The third-order valence-corrected chi connectivity index (χ3v) is 12.3. The average Bonchev–Trinajstić information content (AvgIpc) is 3.25. The summed E-state index contributed by atoms with van der Waals surface area (Å²) in [7, 11) is 0. The van der Waals surface area contributed by atoms with Crippen molar-refractivity contribution >= 4 is 0 Å². The molecule has 5 aliphatic heterocycles. The number of phenols is 7. The number of hydrogen-bond donors (Lipinski definition) is 15. The van der Waals surface area contributed by atoms with E-state index in [4.69, 9.17) is 33.2 Å². The van der Waals surface area contributed by atoms with Gasteiger partial charge >= 0.3 is 5.79 Å². The van der Waals surface area contributed by atoms with Crippen molar-refractivity contribution < 1.29 is 110 Å². The minimum absolute atomic E-state index is 0.0224. The molecule has 15 N–H and O–H groups in total. The van der Waals surface area contributed by atoms with Gasteiger partial charge in [0.15, 0.2) is 47.8 Å². The van der Waals surface area contributed by atoms with E-state index in [1.165, 1.54) is 12.1 Å². The van der Waals surface area contributed by atoms with Crippen LogP contribution in [0.15, 0.2) is 54.6 Å². The minimum Gasteiger partial charge on any atom is -0.508 e. The Morgan fingerprint density at radius 2 is 1.14 bits per heavy atom. The molecule has 5 unspecified atom stereocenters. The lowest BCUT2D eigenvalue weighted by atomic mass is 9.73. The third kappa shape index (κ3) is 6.90. The highest BCUT2D eigenvalue weighted by molar-refractivity contribution is 5.68. The number of benzene rings is 4. The molecule has 2 bridgehead atoms. The Labute approximate surface area is 360 Å². The average molecular weight is 901 g/mol. The molecule has 2 saturated heterocycles. The van der Waals surface area contributed by atoms with Crippen molar-refractivity contribution in [2.45, 2.75) is 97.8 Å². The summed E-state index contributed by atoms with van der Waals surface area (Å²) in [4.78, 5) is 0. The van der Waals surface area contributed by atoms with Crippen LogP contribution in [0.2, 0.25) is 0 Å². The zero-order valence-corrected chi connectivity index (χ0v) is 33.0. The normalized spacial score (nSPS) is 35.2. The zero-order chi connectivity index (χ0) is 45.7. The minimum atomic E-state index is -2.40. The molecule has 5 heterocycles. The second-order valence-corrected chi connectivity index (χ2v) is 16.2. The number of aliphatic hydroxyl groups excluding tert-OH is 8. The summed E-state index contributed by atoms with van der Waals surface area (Å²) in [5.74, 6) is -8.48. The van der Waals surface area contributed by atoms with Crippen LogP contribution >= 0.6 is 0 Å². The first-order valence-electron chi connectivity index (χ1n) is 19.9. The molecule has 344 valence electrons. The number of aromatic hydroxyl groups is 7. The van der Waals surface area contributed by atoms with Gasteiger partial charge in [0.05, 0.1) is 19.1 Å². The van der Waals surface area contributed by atoms with Crippen LogP contribution in [-0.4, -0.2) is 163 Å². The molecule has 2 fully saturated rings. The van der Waals surface area contributed by atoms with Crippen LogP contribution in [0.5, 0.6) is 57.5 Å². The smallest absolute Gasteiger partial charge is 0.305 e. The molecular formula is C42H44O22. The molecule has 5 aliphatic rings. The zero-order valence-electron chi connectivity index (χ0n) is 33.0. The molecule has 0 aliphatic carbocycles. The Morgan fingerprint density at radius 3 is 1.73 bits per heavy atom. The molecule has 0 amide bonds. The molecule has 22 heteroatoms. The Balaban J connectivity index is 1.25. The maximum atomic E-state index is 11.8. The van der Waals surface area contributed by atoms with E-state index in [2.05, 4.69) is 0 Å². The van der Waals surface area contributed by atoms with E-state index >= 15 is 0 Å². The van der Waals surface area contributed by atoms with Crippen molar-refractivity contribution in [1.82, 2.24) is 0 Å². The molecule has 15 atom stereocenters. The molecule has 0 spiro atoms. The van der Waals surface area contributed by atoms with E-state index < -0.39 is 145 Å². The maximum absolute atomic E-state index is 11.8. The lowest BCUT2D eigenvalue weighted by Crippen LogP contribution is -2.64. The highest BCUT2D eigenvalue weighted by Crippen LogP contribution is 2.63. The number of hydrogen-bond acceptors (Lipinski definition) is 22. The standard InChI is InChI=1S/C42H44O22/c43-11-26-31(52)33(54)35(56)40(59-26)58-25-9-16-19(48)10-24-29(38(16)61-37(25)13-1-3-17(46)20(49)5-13)30-28-22(51)7-15(45)8-23(28)63-42(64-24,14-2-4-18(47)21(50)6-14)39(30)62-41-36(57)34(55)32(53)27(12-44)60-41/h1-8,10,25-27,30-37,39-41,43-57H,9,11-12H2/t25?,26-,27-,30?,31-,32-,33+,34+,35-,36-,37?,39?,40-,41+,42?/m1/s1. The second-order valence-electron chi connectivity index (χ2n) is 16.2. The monoisotopic (exact) mass is 900 g/mol. The quantitative estimate of drug-likeness (QED) is 0.0889. The highest BCUT2D eigenvalue weighted by atomic mass is 16.8. The summed E-state index contributed by atoms with van der Waals surface area (Å²) in [6.07, 6.45) is -22.6. The fraction of sp³-hybridized carbons (Fsp3) is 0.429. The number of ether oxygens (including phenoxy) is 7. The first-order chi connectivity index (χ1) is 30.5. The van der Waals surface area contributed by atoms with Crippen molar-refractivity contribution in [2.24, 2.45) is 0 Å². The first-order valence-corrected chi connectivity index (χ1v) is 19.9. The van der Waals surface area contributed by atoms with Gasteiger partial charge in [-0.3, -0.25) is 0 Å². The first kappa shape index (κ1) is 43.6. The number of phenolic OH excluding ortho intramolecular Hbond substituents is 7. The van der Waals surface area contributed by atoms with Gasteiger partial charge in [-0.25, -0.2) is 0 Å². The second kappa shape index (κ2) is 16.1. The van der Waals surface area contributed by atoms with Gasteiger partial charge in [-0.15, -0.1) is 0 Å². The van der Waals surface area contributed by atoms with Gasteiger partial charge in [0.2, 0.25) is 0 Å². The van der Waals surface area contributed by atoms with E-state index in [0.717, 1.165) is 42.5 Å². The van der Waals surface area contributed by atoms with Crippen molar-refractivity contribution in [3.63, 3.8) is 0 Å². The SMILES string of the molecule is OC[C@H]1O[C@@H](OC2Cc3c(O)cc4c(c3OC2c2ccc(O)c(O)c2)C2c3c(O)cc(O)cc3OC(c3ccc(O)c(O)c3)(O4)C2O[C@@H]2O[C@H](CO)[C@@H](O)[C@H](O)[C@H]2O)[C@H](O)[C@@H](O)[C@@H]1O. The van der Waals surface area contributed by atoms with Crippen LogP contribution in [0.4, 0.5) is 0 Å². The Kier molecular flexibility index (Phi) is 11.0. The van der Waals surface area contributed by atoms with Crippen LogP contribution in [0, 0.1) is 0 Å². The summed E-state index contributed by atoms with van der Waals surface area (Å²) in [6.45, 7) is -1.64. The Bertz CT molecular complexity index is 2430. The highest BCUT2D eigenvalue weighted by Gasteiger charge is 2.63. The lowest BCUT2D eigenvalue weighted by Gasteiger charge is -2.53.